The smallest absolute Gasteiger partial charge is 0.160 e. The van der Waals surface area contributed by atoms with E-state index >= 15 is 0 Å². The molecule has 5 aromatic heterocycles. The molecule has 55 heavy (non-hydrogen) atoms. The summed E-state index contributed by atoms with van der Waals surface area (Å²) in [6.07, 6.45) is 0. The Morgan fingerprint density at radius 1 is 0.436 bits per heavy atom. The summed E-state index contributed by atoms with van der Waals surface area (Å²) in [6.45, 7) is 0. The molecule has 0 fully saturated rings. The standard InChI is InChI=1S/C50H28N4S/c1-2-12-30(13-3-1)50-51-45(49-46(52-50)36-18-8-11-21-43(36)55-49)29-22-24-33(25-23-29)53-40-19-9-6-16-34(40)37-28-38-35-17-7-10-20-41(35)54-42-27-32-15-5-4-14-31(32)26-39(42)44(47(37)53)48(38)54/h1-28H. The van der Waals surface area contributed by atoms with E-state index in [2.05, 4.69) is 161 Å². The Bertz CT molecular complexity index is 3700. The molecule has 0 N–H and O–H groups in total. The van der Waals surface area contributed by atoms with Crippen LogP contribution in [0.2, 0.25) is 0 Å². The van der Waals surface area contributed by atoms with Gasteiger partial charge in [-0.05, 0) is 59.3 Å². The molecule has 0 unspecified atom stereocenters. The maximum atomic E-state index is 5.26. The van der Waals surface area contributed by atoms with E-state index in [0.717, 1.165) is 38.5 Å². The second-order valence-electron chi connectivity index (χ2n) is 14.6. The van der Waals surface area contributed by atoms with E-state index in [4.69, 9.17) is 9.97 Å². The minimum absolute atomic E-state index is 0.742. The summed E-state index contributed by atoms with van der Waals surface area (Å²) in [5.74, 6) is 0.742. The lowest BCUT2D eigenvalue weighted by Crippen LogP contribution is -1.96. The summed E-state index contributed by atoms with van der Waals surface area (Å²) in [7, 11) is 0. The van der Waals surface area contributed by atoms with E-state index in [1.807, 2.05) is 18.2 Å². The Balaban J connectivity index is 1.11. The maximum Gasteiger partial charge on any atom is 0.160 e. The molecule has 5 heteroatoms. The van der Waals surface area contributed by atoms with Crippen molar-refractivity contribution in [3.63, 3.8) is 0 Å². The van der Waals surface area contributed by atoms with Crippen LogP contribution in [-0.2, 0) is 0 Å². The van der Waals surface area contributed by atoms with Gasteiger partial charge in [0.15, 0.2) is 5.82 Å². The summed E-state index contributed by atoms with van der Waals surface area (Å²) in [5.41, 5.74) is 11.4. The minimum atomic E-state index is 0.742. The average molecular weight is 717 g/mol. The molecule has 0 radical (unpaired) electrons. The van der Waals surface area contributed by atoms with E-state index in [1.165, 1.54) is 80.8 Å². The van der Waals surface area contributed by atoms with Gasteiger partial charge in [-0.3, -0.25) is 0 Å². The van der Waals surface area contributed by atoms with Gasteiger partial charge in [-0.1, -0.05) is 121 Å². The third-order valence-corrected chi connectivity index (χ3v) is 12.8. The monoisotopic (exact) mass is 716 g/mol. The topological polar surface area (TPSA) is 35.1 Å². The Morgan fingerprint density at radius 3 is 1.91 bits per heavy atom. The van der Waals surface area contributed by atoms with E-state index in [9.17, 15) is 0 Å². The van der Waals surface area contributed by atoms with Gasteiger partial charge in [-0.25, -0.2) is 9.97 Å². The van der Waals surface area contributed by atoms with Crippen molar-refractivity contribution in [1.29, 1.82) is 0 Å². The molecule has 8 aromatic carbocycles. The molecule has 254 valence electrons. The lowest BCUT2D eigenvalue weighted by atomic mass is 10.0. The van der Waals surface area contributed by atoms with Crippen molar-refractivity contribution < 1.29 is 0 Å². The summed E-state index contributed by atoms with van der Waals surface area (Å²) in [5, 5.41) is 11.3. The summed E-state index contributed by atoms with van der Waals surface area (Å²) in [4.78, 5) is 10.4. The van der Waals surface area contributed by atoms with Gasteiger partial charge in [0.2, 0.25) is 0 Å². The van der Waals surface area contributed by atoms with Crippen molar-refractivity contribution in [3.8, 4) is 28.3 Å². The van der Waals surface area contributed by atoms with Crippen LogP contribution in [0.5, 0.6) is 0 Å². The lowest BCUT2D eigenvalue weighted by Gasteiger charge is -2.11. The van der Waals surface area contributed by atoms with Crippen molar-refractivity contribution in [1.82, 2.24) is 18.9 Å². The fourth-order valence-electron chi connectivity index (χ4n) is 9.23. The third kappa shape index (κ3) is 3.94. The number of hydrogen-bond acceptors (Lipinski definition) is 3. The molecule has 0 aliphatic rings. The van der Waals surface area contributed by atoms with Gasteiger partial charge in [-0.15, -0.1) is 11.3 Å². The Morgan fingerprint density at radius 2 is 1.09 bits per heavy atom. The first kappa shape index (κ1) is 29.4. The molecule has 0 atom stereocenters. The molecule has 0 bridgehead atoms. The van der Waals surface area contributed by atoms with Gasteiger partial charge in [0.05, 0.1) is 43.5 Å². The number of para-hydroxylation sites is 2. The van der Waals surface area contributed by atoms with E-state index in [0.29, 0.717) is 0 Å². The van der Waals surface area contributed by atoms with Crippen LogP contribution in [0.4, 0.5) is 0 Å². The first-order valence-corrected chi connectivity index (χ1v) is 19.5. The zero-order valence-corrected chi connectivity index (χ0v) is 30.2. The van der Waals surface area contributed by atoms with Crippen LogP contribution in [-0.4, -0.2) is 18.9 Å². The zero-order chi connectivity index (χ0) is 35.8. The van der Waals surface area contributed by atoms with Gasteiger partial charge in [0.1, 0.15) is 0 Å². The minimum Gasteiger partial charge on any atom is -0.309 e. The predicted molar refractivity (Wildman–Crippen MR) is 232 cm³/mol. The van der Waals surface area contributed by atoms with Crippen molar-refractivity contribution >= 4 is 102 Å². The van der Waals surface area contributed by atoms with Gasteiger partial charge in [0.25, 0.3) is 0 Å². The average Bonchev–Trinajstić information content (AvgIpc) is 3.98. The van der Waals surface area contributed by atoms with Crippen LogP contribution in [0.15, 0.2) is 170 Å². The highest BCUT2D eigenvalue weighted by Gasteiger charge is 2.25. The van der Waals surface area contributed by atoms with Crippen LogP contribution in [0, 0.1) is 0 Å². The quantitative estimate of drug-likeness (QED) is 0.182. The number of thiophene rings is 1. The van der Waals surface area contributed by atoms with Crippen molar-refractivity contribution in [2.24, 2.45) is 0 Å². The van der Waals surface area contributed by atoms with Crippen LogP contribution < -0.4 is 0 Å². The molecule has 0 spiro atoms. The van der Waals surface area contributed by atoms with Crippen LogP contribution in [0.25, 0.3) is 119 Å². The maximum absolute atomic E-state index is 5.26. The SMILES string of the molecule is c1ccc(-c2nc(-c3ccc(-n4c5ccccc5c5cc6c7ccccc7n7c8cc9ccccc9cc8c(c54)c67)cc3)c3sc4ccccc4c3n2)cc1. The molecule has 0 saturated carbocycles. The number of aromatic nitrogens is 4. The number of nitrogens with zero attached hydrogens (tertiary/aromatic N) is 4. The van der Waals surface area contributed by atoms with Crippen LogP contribution >= 0.6 is 11.3 Å². The molecule has 13 rings (SSSR count). The first-order valence-electron chi connectivity index (χ1n) is 18.7. The van der Waals surface area contributed by atoms with Crippen molar-refractivity contribution in [2.75, 3.05) is 0 Å². The molecule has 0 saturated heterocycles. The summed E-state index contributed by atoms with van der Waals surface area (Å²) < 4.78 is 7.31. The number of rotatable bonds is 3. The highest BCUT2D eigenvalue weighted by molar-refractivity contribution is 7.26. The number of fused-ring (bicyclic) bond motifs is 14. The van der Waals surface area contributed by atoms with Gasteiger partial charge >= 0.3 is 0 Å². The molecule has 0 aliphatic heterocycles. The lowest BCUT2D eigenvalue weighted by molar-refractivity contribution is 1.18. The summed E-state index contributed by atoms with van der Waals surface area (Å²) in [6, 6.07) is 61.6. The molecule has 0 aliphatic carbocycles. The predicted octanol–water partition coefficient (Wildman–Crippen LogP) is 13.6. The largest absolute Gasteiger partial charge is 0.309 e. The van der Waals surface area contributed by atoms with Crippen molar-refractivity contribution in [3.05, 3.63) is 170 Å². The fourth-order valence-corrected chi connectivity index (χ4v) is 10.4. The first-order chi connectivity index (χ1) is 27.3. The van der Waals surface area contributed by atoms with E-state index < -0.39 is 0 Å². The third-order valence-electron chi connectivity index (χ3n) is 11.6. The van der Waals surface area contributed by atoms with E-state index in [1.54, 1.807) is 11.3 Å². The van der Waals surface area contributed by atoms with Gasteiger partial charge in [0, 0.05) is 59.2 Å². The highest BCUT2D eigenvalue weighted by Crippen LogP contribution is 2.47. The van der Waals surface area contributed by atoms with Gasteiger partial charge in [-0.2, -0.15) is 0 Å². The molecule has 5 heterocycles. The molecule has 4 nitrogen and oxygen atoms in total. The number of benzene rings is 8. The fraction of sp³-hybridized carbons (Fsp3) is 0. The zero-order valence-electron chi connectivity index (χ0n) is 29.4. The van der Waals surface area contributed by atoms with E-state index in [-0.39, 0.29) is 0 Å². The Hall–Kier alpha value is -7.08. The van der Waals surface area contributed by atoms with Crippen molar-refractivity contribution in [2.45, 2.75) is 0 Å². The molecule has 0 amide bonds. The van der Waals surface area contributed by atoms with Crippen LogP contribution in [0.3, 0.4) is 0 Å². The van der Waals surface area contributed by atoms with Gasteiger partial charge < -0.3 is 8.97 Å². The Labute approximate surface area is 318 Å². The summed E-state index contributed by atoms with van der Waals surface area (Å²) >= 11 is 1.77. The van der Waals surface area contributed by atoms with Crippen LogP contribution in [0.1, 0.15) is 0 Å². The second-order valence-corrected chi connectivity index (χ2v) is 15.6. The second kappa shape index (κ2) is 10.8. The molecular formula is C50H28N4S. The normalized spacial score (nSPS) is 12.4. The molecular weight excluding hydrogens is 689 g/mol. The Kier molecular flexibility index (Phi) is 5.74. The number of hydrogen-bond donors (Lipinski definition) is 0. The molecule has 13 aromatic rings. The highest BCUT2D eigenvalue weighted by atomic mass is 32.1.